The van der Waals surface area contributed by atoms with E-state index in [9.17, 15) is 4.79 Å². The molecule has 88 valence electrons. The first-order chi connectivity index (χ1) is 7.08. The van der Waals surface area contributed by atoms with Crippen molar-refractivity contribution < 1.29 is 9.90 Å². The van der Waals surface area contributed by atoms with Gasteiger partial charge in [0.05, 0.1) is 0 Å². The van der Waals surface area contributed by atoms with Gasteiger partial charge in [0.2, 0.25) is 0 Å². The number of rotatable bonds is 5. The van der Waals surface area contributed by atoms with Crippen molar-refractivity contribution in [2.75, 3.05) is 19.6 Å². The van der Waals surface area contributed by atoms with Crippen molar-refractivity contribution >= 4 is 5.97 Å². The third-order valence-electron chi connectivity index (χ3n) is 2.99. The Balaban J connectivity index is 2.25. The lowest BCUT2D eigenvalue weighted by molar-refractivity contribution is -0.137. The molecule has 1 heterocycles. The van der Waals surface area contributed by atoms with Crippen molar-refractivity contribution in [2.24, 2.45) is 11.8 Å². The summed E-state index contributed by atoms with van der Waals surface area (Å²) in [6, 6.07) is 0. The Hall–Kier alpha value is -0.570. The molecule has 0 saturated carbocycles. The van der Waals surface area contributed by atoms with E-state index in [4.69, 9.17) is 5.11 Å². The second-order valence-corrected chi connectivity index (χ2v) is 5.09. The van der Waals surface area contributed by atoms with Crippen LogP contribution in [0.4, 0.5) is 0 Å². The molecule has 3 nitrogen and oxygen atoms in total. The minimum Gasteiger partial charge on any atom is -0.481 e. The molecule has 3 heteroatoms. The van der Waals surface area contributed by atoms with Crippen molar-refractivity contribution in [3.8, 4) is 0 Å². The number of hydrogen-bond acceptors (Lipinski definition) is 2. The molecule has 1 fully saturated rings. The van der Waals surface area contributed by atoms with Crippen molar-refractivity contribution in [1.29, 1.82) is 0 Å². The fourth-order valence-corrected chi connectivity index (χ4v) is 2.40. The molecule has 15 heavy (non-hydrogen) atoms. The maximum Gasteiger partial charge on any atom is 0.303 e. The lowest BCUT2D eigenvalue weighted by Gasteiger charge is -2.33. The smallest absolute Gasteiger partial charge is 0.303 e. The molecule has 0 aromatic carbocycles. The zero-order valence-corrected chi connectivity index (χ0v) is 9.91. The van der Waals surface area contributed by atoms with Crippen LogP contribution in [0.1, 0.15) is 39.5 Å². The quantitative estimate of drug-likeness (QED) is 0.761. The molecule has 0 aromatic rings. The van der Waals surface area contributed by atoms with Gasteiger partial charge in [-0.1, -0.05) is 13.8 Å². The van der Waals surface area contributed by atoms with Gasteiger partial charge in [0.15, 0.2) is 0 Å². The van der Waals surface area contributed by atoms with E-state index >= 15 is 0 Å². The molecule has 1 aliphatic heterocycles. The zero-order valence-electron chi connectivity index (χ0n) is 9.91. The number of likely N-dealkylation sites (tertiary alicyclic amines) is 1. The Bertz CT molecular complexity index is 204. The highest BCUT2D eigenvalue weighted by Gasteiger charge is 2.20. The molecule has 1 rings (SSSR count). The number of carbonyl (C=O) groups is 1. The van der Waals surface area contributed by atoms with Gasteiger partial charge < -0.3 is 10.0 Å². The van der Waals surface area contributed by atoms with Crippen LogP contribution < -0.4 is 0 Å². The predicted molar refractivity (Wildman–Crippen MR) is 60.9 cm³/mol. The number of aliphatic carboxylic acids is 1. The summed E-state index contributed by atoms with van der Waals surface area (Å²) in [5.41, 5.74) is 0. The van der Waals surface area contributed by atoms with Gasteiger partial charge in [0.25, 0.3) is 0 Å². The molecule has 0 radical (unpaired) electrons. The molecule has 1 atom stereocenters. The maximum absolute atomic E-state index is 10.5. The Morgan fingerprint density at radius 3 is 2.87 bits per heavy atom. The number of carboxylic acid groups (broad SMARTS) is 1. The van der Waals surface area contributed by atoms with Gasteiger partial charge in [0.1, 0.15) is 0 Å². The monoisotopic (exact) mass is 213 g/mol. The van der Waals surface area contributed by atoms with Crippen LogP contribution in [0.5, 0.6) is 0 Å². The summed E-state index contributed by atoms with van der Waals surface area (Å²) in [5.74, 6) is 0.660. The van der Waals surface area contributed by atoms with Gasteiger partial charge in [-0.25, -0.2) is 0 Å². The Morgan fingerprint density at radius 2 is 2.27 bits per heavy atom. The Kier molecular flexibility index (Phi) is 5.09. The topological polar surface area (TPSA) is 40.5 Å². The lowest BCUT2D eigenvalue weighted by Crippen LogP contribution is -2.37. The van der Waals surface area contributed by atoms with E-state index in [0.29, 0.717) is 18.3 Å². The summed E-state index contributed by atoms with van der Waals surface area (Å²) in [4.78, 5) is 13.0. The standard InChI is InChI=1S/C12H23NO2/c1-10(2)8-13-7-3-4-11(9-13)5-6-12(14)15/h10-11H,3-9H2,1-2H3,(H,14,15). The molecule has 0 aromatic heterocycles. The molecule has 1 unspecified atom stereocenters. The van der Waals surface area contributed by atoms with E-state index in [1.54, 1.807) is 0 Å². The van der Waals surface area contributed by atoms with E-state index in [2.05, 4.69) is 18.7 Å². The average Bonchev–Trinajstić information content (AvgIpc) is 2.14. The van der Waals surface area contributed by atoms with Crippen LogP contribution in [0.25, 0.3) is 0 Å². The Morgan fingerprint density at radius 1 is 1.53 bits per heavy atom. The van der Waals surface area contributed by atoms with Crippen molar-refractivity contribution in [1.82, 2.24) is 4.90 Å². The van der Waals surface area contributed by atoms with Crippen LogP contribution in [-0.2, 0) is 4.79 Å². The second kappa shape index (κ2) is 6.11. The fraction of sp³-hybridized carbons (Fsp3) is 0.917. The first kappa shape index (κ1) is 12.5. The number of piperidine rings is 1. The van der Waals surface area contributed by atoms with Gasteiger partial charge in [0, 0.05) is 19.5 Å². The summed E-state index contributed by atoms with van der Waals surface area (Å²) in [6.45, 7) is 7.93. The van der Waals surface area contributed by atoms with E-state index in [0.717, 1.165) is 19.5 Å². The van der Waals surface area contributed by atoms with Gasteiger partial charge >= 0.3 is 5.97 Å². The zero-order chi connectivity index (χ0) is 11.3. The summed E-state index contributed by atoms with van der Waals surface area (Å²) >= 11 is 0. The summed E-state index contributed by atoms with van der Waals surface area (Å²) in [7, 11) is 0. The molecule has 0 amide bonds. The van der Waals surface area contributed by atoms with Gasteiger partial charge in [-0.3, -0.25) is 4.79 Å². The van der Waals surface area contributed by atoms with Crippen LogP contribution in [0.2, 0.25) is 0 Å². The molecule has 1 aliphatic rings. The van der Waals surface area contributed by atoms with Crippen molar-refractivity contribution in [3.63, 3.8) is 0 Å². The third-order valence-corrected chi connectivity index (χ3v) is 2.99. The maximum atomic E-state index is 10.5. The molecule has 1 saturated heterocycles. The molecule has 0 bridgehead atoms. The van der Waals surface area contributed by atoms with Crippen molar-refractivity contribution in [3.05, 3.63) is 0 Å². The van der Waals surface area contributed by atoms with E-state index in [-0.39, 0.29) is 0 Å². The average molecular weight is 213 g/mol. The van der Waals surface area contributed by atoms with E-state index in [1.165, 1.54) is 19.4 Å². The van der Waals surface area contributed by atoms with Gasteiger partial charge in [-0.2, -0.15) is 0 Å². The normalized spacial score (nSPS) is 23.3. The first-order valence-electron chi connectivity index (χ1n) is 6.02. The van der Waals surface area contributed by atoms with E-state index < -0.39 is 5.97 Å². The molecule has 0 spiro atoms. The van der Waals surface area contributed by atoms with Crippen LogP contribution in [0.3, 0.4) is 0 Å². The highest BCUT2D eigenvalue weighted by Crippen LogP contribution is 2.21. The van der Waals surface area contributed by atoms with Crippen LogP contribution in [0, 0.1) is 11.8 Å². The van der Waals surface area contributed by atoms with Crippen LogP contribution in [0.15, 0.2) is 0 Å². The number of nitrogens with zero attached hydrogens (tertiary/aromatic N) is 1. The largest absolute Gasteiger partial charge is 0.481 e. The van der Waals surface area contributed by atoms with Gasteiger partial charge in [-0.15, -0.1) is 0 Å². The summed E-state index contributed by atoms with van der Waals surface area (Å²) in [6.07, 6.45) is 3.63. The lowest BCUT2D eigenvalue weighted by atomic mass is 9.93. The minimum atomic E-state index is -0.656. The molecule has 1 N–H and O–H groups in total. The molecule has 0 aliphatic carbocycles. The highest BCUT2D eigenvalue weighted by atomic mass is 16.4. The first-order valence-corrected chi connectivity index (χ1v) is 6.02. The van der Waals surface area contributed by atoms with Crippen LogP contribution >= 0.6 is 0 Å². The second-order valence-electron chi connectivity index (χ2n) is 5.09. The summed E-state index contributed by atoms with van der Waals surface area (Å²) in [5, 5.41) is 8.64. The van der Waals surface area contributed by atoms with Crippen LogP contribution in [-0.4, -0.2) is 35.6 Å². The number of hydrogen-bond donors (Lipinski definition) is 1. The number of carboxylic acids is 1. The summed E-state index contributed by atoms with van der Waals surface area (Å²) < 4.78 is 0. The van der Waals surface area contributed by atoms with Crippen molar-refractivity contribution in [2.45, 2.75) is 39.5 Å². The minimum absolute atomic E-state index is 0.334. The van der Waals surface area contributed by atoms with E-state index in [1.807, 2.05) is 0 Å². The van der Waals surface area contributed by atoms with Gasteiger partial charge in [-0.05, 0) is 37.6 Å². The fourth-order valence-electron chi connectivity index (χ4n) is 2.40. The third kappa shape index (κ3) is 5.17. The molecular weight excluding hydrogens is 190 g/mol. The molecular formula is C12H23NO2. The Labute approximate surface area is 92.5 Å². The predicted octanol–water partition coefficient (Wildman–Crippen LogP) is 2.22. The SMILES string of the molecule is CC(C)CN1CCCC(CCC(=O)O)C1. The highest BCUT2D eigenvalue weighted by molar-refractivity contribution is 5.66.